The van der Waals surface area contributed by atoms with Crippen LogP contribution in [0.1, 0.15) is 36.5 Å². The molecule has 1 heterocycles. The molecule has 0 spiro atoms. The summed E-state index contributed by atoms with van der Waals surface area (Å²) in [5, 5.41) is 9.99. The number of fused-ring (bicyclic) bond motifs is 1. The van der Waals surface area contributed by atoms with E-state index in [9.17, 15) is 14.7 Å². The molecular weight excluding hydrogens is 336 g/mol. The van der Waals surface area contributed by atoms with Gasteiger partial charge in [-0.1, -0.05) is 6.08 Å². The maximum Gasteiger partial charge on any atom is 0.311 e. The van der Waals surface area contributed by atoms with E-state index in [2.05, 4.69) is 6.58 Å². The van der Waals surface area contributed by atoms with E-state index in [1.54, 1.807) is 13.0 Å². The fourth-order valence-electron chi connectivity index (χ4n) is 2.87. The molecule has 1 aromatic carbocycles. The van der Waals surface area contributed by atoms with Crippen molar-refractivity contribution in [1.82, 2.24) is 0 Å². The standard InChI is InChI=1S/C20H26O6/c1-4-9-24-11-17(22)12-25-19-14(3)20-16(7-8-18(23)26-20)10-15(19)6-5-13(2)21/h4,10,17,22H,1,5-9,11-12H2,2-3H3. The molecule has 0 saturated heterocycles. The SMILES string of the molecule is C=CCOCC(O)COc1c(CCC(C)=O)cc2c(c1C)OC(=O)CC2. The van der Waals surface area contributed by atoms with Gasteiger partial charge in [-0.3, -0.25) is 4.79 Å². The van der Waals surface area contributed by atoms with E-state index in [1.807, 2.05) is 13.0 Å². The van der Waals surface area contributed by atoms with Crippen LogP contribution in [-0.2, 0) is 27.2 Å². The number of ether oxygens (including phenoxy) is 3. The minimum absolute atomic E-state index is 0.0395. The number of aliphatic hydroxyl groups excluding tert-OH is 1. The lowest BCUT2D eigenvalue weighted by Gasteiger charge is -2.23. The molecule has 1 atom stereocenters. The Hall–Kier alpha value is -2.18. The third-order valence-corrected chi connectivity index (χ3v) is 4.14. The highest BCUT2D eigenvalue weighted by atomic mass is 16.5. The van der Waals surface area contributed by atoms with Gasteiger partial charge in [-0.25, -0.2) is 0 Å². The van der Waals surface area contributed by atoms with Crippen LogP contribution in [0.25, 0.3) is 0 Å². The molecule has 26 heavy (non-hydrogen) atoms. The first kappa shape index (κ1) is 20.1. The number of ketones is 1. The summed E-state index contributed by atoms with van der Waals surface area (Å²) in [5.74, 6) is 0.916. The van der Waals surface area contributed by atoms with Crippen molar-refractivity contribution in [2.24, 2.45) is 0 Å². The van der Waals surface area contributed by atoms with Crippen molar-refractivity contribution < 1.29 is 28.9 Å². The van der Waals surface area contributed by atoms with Gasteiger partial charge < -0.3 is 24.1 Å². The van der Waals surface area contributed by atoms with Crippen molar-refractivity contribution >= 4 is 11.8 Å². The Balaban J connectivity index is 2.20. The number of hydrogen-bond acceptors (Lipinski definition) is 6. The molecule has 142 valence electrons. The van der Waals surface area contributed by atoms with Crippen molar-refractivity contribution in [2.75, 3.05) is 19.8 Å². The molecule has 0 bridgehead atoms. The van der Waals surface area contributed by atoms with Crippen molar-refractivity contribution in [3.8, 4) is 11.5 Å². The summed E-state index contributed by atoms with van der Waals surface area (Å²) < 4.78 is 16.4. The molecule has 6 heteroatoms. The van der Waals surface area contributed by atoms with Gasteiger partial charge in [-0.15, -0.1) is 6.58 Å². The molecule has 1 aromatic rings. The summed E-state index contributed by atoms with van der Waals surface area (Å²) >= 11 is 0. The lowest BCUT2D eigenvalue weighted by Crippen LogP contribution is -2.24. The van der Waals surface area contributed by atoms with Gasteiger partial charge in [-0.2, -0.15) is 0 Å². The van der Waals surface area contributed by atoms with E-state index in [1.165, 1.54) is 0 Å². The van der Waals surface area contributed by atoms with Crippen LogP contribution in [0, 0.1) is 6.92 Å². The highest BCUT2D eigenvalue weighted by Crippen LogP contribution is 2.38. The first-order chi connectivity index (χ1) is 12.4. The van der Waals surface area contributed by atoms with Gasteiger partial charge in [0.15, 0.2) is 0 Å². The fraction of sp³-hybridized carbons (Fsp3) is 0.500. The van der Waals surface area contributed by atoms with E-state index in [-0.39, 0.29) is 25.0 Å². The summed E-state index contributed by atoms with van der Waals surface area (Å²) in [6.07, 6.45) is 2.71. The summed E-state index contributed by atoms with van der Waals surface area (Å²) in [5.41, 5.74) is 2.55. The number of hydrogen-bond donors (Lipinski definition) is 1. The molecule has 0 amide bonds. The van der Waals surface area contributed by atoms with Gasteiger partial charge in [-0.05, 0) is 43.9 Å². The quantitative estimate of drug-likeness (QED) is 0.298. The van der Waals surface area contributed by atoms with E-state index < -0.39 is 6.10 Å². The number of benzene rings is 1. The van der Waals surface area contributed by atoms with Crippen LogP contribution >= 0.6 is 0 Å². The lowest BCUT2D eigenvalue weighted by atomic mass is 9.95. The Morgan fingerprint density at radius 2 is 2.19 bits per heavy atom. The van der Waals surface area contributed by atoms with Crippen LogP contribution in [-0.4, -0.2) is 42.8 Å². The summed E-state index contributed by atoms with van der Waals surface area (Å²) in [4.78, 5) is 23.0. The van der Waals surface area contributed by atoms with Gasteiger partial charge in [0.05, 0.1) is 19.6 Å². The molecule has 1 N–H and O–H groups in total. The van der Waals surface area contributed by atoms with E-state index in [0.29, 0.717) is 49.4 Å². The first-order valence-electron chi connectivity index (χ1n) is 8.77. The van der Waals surface area contributed by atoms with E-state index >= 15 is 0 Å². The second-order valence-electron chi connectivity index (χ2n) is 6.45. The Kier molecular flexibility index (Phi) is 7.36. The number of Topliss-reactive ketones (excluding diaryl/α,β-unsaturated/α-hetero) is 1. The van der Waals surface area contributed by atoms with Crippen LogP contribution in [0.15, 0.2) is 18.7 Å². The number of carbonyl (C=O) groups is 2. The molecular formula is C20H26O6. The molecule has 0 saturated carbocycles. The third-order valence-electron chi connectivity index (χ3n) is 4.14. The zero-order valence-electron chi connectivity index (χ0n) is 15.4. The van der Waals surface area contributed by atoms with Crippen LogP contribution in [0.3, 0.4) is 0 Å². The summed E-state index contributed by atoms with van der Waals surface area (Å²) in [6.45, 7) is 7.45. The molecule has 1 aliphatic heterocycles. The molecule has 1 aliphatic rings. The lowest BCUT2D eigenvalue weighted by molar-refractivity contribution is -0.135. The Morgan fingerprint density at radius 1 is 1.42 bits per heavy atom. The summed E-state index contributed by atoms with van der Waals surface area (Å²) in [6, 6.07) is 1.94. The molecule has 0 fully saturated rings. The zero-order chi connectivity index (χ0) is 19.1. The number of aliphatic hydroxyl groups is 1. The maximum atomic E-state index is 11.6. The van der Waals surface area contributed by atoms with Crippen molar-refractivity contribution in [2.45, 2.75) is 45.6 Å². The normalized spacial score (nSPS) is 14.3. The summed E-state index contributed by atoms with van der Waals surface area (Å²) in [7, 11) is 0. The van der Waals surface area contributed by atoms with Crippen molar-refractivity contribution in [3.63, 3.8) is 0 Å². The topological polar surface area (TPSA) is 82.1 Å². The van der Waals surface area contributed by atoms with Crippen LogP contribution in [0.2, 0.25) is 0 Å². The second-order valence-corrected chi connectivity index (χ2v) is 6.45. The second kappa shape index (κ2) is 9.50. The molecule has 6 nitrogen and oxygen atoms in total. The highest BCUT2D eigenvalue weighted by molar-refractivity contribution is 5.78. The molecule has 0 aliphatic carbocycles. The Bertz CT molecular complexity index is 679. The molecule has 2 rings (SSSR count). The van der Waals surface area contributed by atoms with Crippen molar-refractivity contribution in [3.05, 3.63) is 35.4 Å². The zero-order valence-corrected chi connectivity index (χ0v) is 15.4. The number of esters is 1. The Labute approximate surface area is 153 Å². The first-order valence-corrected chi connectivity index (χ1v) is 8.77. The molecule has 1 unspecified atom stereocenters. The largest absolute Gasteiger partial charge is 0.490 e. The van der Waals surface area contributed by atoms with Crippen LogP contribution in [0.5, 0.6) is 11.5 Å². The average molecular weight is 362 g/mol. The number of carbonyl (C=O) groups excluding carboxylic acids is 2. The van der Waals surface area contributed by atoms with Gasteiger partial charge in [0.25, 0.3) is 0 Å². The fourth-order valence-corrected chi connectivity index (χ4v) is 2.87. The van der Waals surface area contributed by atoms with Gasteiger partial charge in [0, 0.05) is 12.0 Å². The smallest absolute Gasteiger partial charge is 0.311 e. The minimum atomic E-state index is -0.798. The van der Waals surface area contributed by atoms with E-state index in [4.69, 9.17) is 14.2 Å². The van der Waals surface area contributed by atoms with Crippen LogP contribution in [0.4, 0.5) is 0 Å². The van der Waals surface area contributed by atoms with E-state index in [0.717, 1.165) is 11.1 Å². The molecule has 0 aromatic heterocycles. The monoisotopic (exact) mass is 362 g/mol. The Morgan fingerprint density at radius 3 is 2.88 bits per heavy atom. The van der Waals surface area contributed by atoms with Crippen molar-refractivity contribution in [1.29, 1.82) is 0 Å². The van der Waals surface area contributed by atoms with Crippen LogP contribution < -0.4 is 9.47 Å². The minimum Gasteiger partial charge on any atom is -0.490 e. The van der Waals surface area contributed by atoms with Gasteiger partial charge in [0.1, 0.15) is 30.0 Å². The predicted molar refractivity (Wildman–Crippen MR) is 96.7 cm³/mol. The maximum absolute atomic E-state index is 11.6. The average Bonchev–Trinajstić information content (AvgIpc) is 2.60. The highest BCUT2D eigenvalue weighted by Gasteiger charge is 2.24. The number of aryl methyl sites for hydroxylation is 2. The van der Waals surface area contributed by atoms with Gasteiger partial charge in [0.2, 0.25) is 0 Å². The third kappa shape index (κ3) is 5.41. The van der Waals surface area contributed by atoms with Gasteiger partial charge >= 0.3 is 5.97 Å². The predicted octanol–water partition coefficient (Wildman–Crippen LogP) is 2.31. The number of rotatable bonds is 10. The molecule has 0 radical (unpaired) electrons.